The number of Topliss-reactive ketones (excluding diaryl/α,β-unsaturated/α-hetero) is 1. The molecule has 0 bridgehead atoms. The molecule has 0 aliphatic carbocycles. The summed E-state index contributed by atoms with van der Waals surface area (Å²) < 4.78 is 10.1. The van der Waals surface area contributed by atoms with Gasteiger partial charge in [-0.25, -0.2) is 4.79 Å². The van der Waals surface area contributed by atoms with E-state index in [0.717, 1.165) is 0 Å². The number of carbonyl (C=O) groups is 2. The zero-order chi connectivity index (χ0) is 15.0. The van der Waals surface area contributed by atoms with Crippen LogP contribution in [0.1, 0.15) is 33.4 Å². The number of benzene rings is 1. The lowest BCUT2D eigenvalue weighted by molar-refractivity contribution is 0.0979. The topological polar surface area (TPSA) is 77.5 Å². The van der Waals surface area contributed by atoms with E-state index in [1.807, 2.05) is 0 Å². The van der Waals surface area contributed by atoms with E-state index in [-0.39, 0.29) is 28.3 Å². The van der Waals surface area contributed by atoms with Crippen molar-refractivity contribution in [1.82, 2.24) is 0 Å². The molecule has 5 nitrogen and oxygen atoms in total. The smallest absolute Gasteiger partial charge is 0.336 e. The molecule has 0 saturated carbocycles. The lowest BCUT2D eigenvalue weighted by atomic mass is 9.97. The van der Waals surface area contributed by atoms with E-state index < -0.39 is 11.4 Å². The third-order valence-corrected chi connectivity index (χ3v) is 3.13. The van der Waals surface area contributed by atoms with Crippen molar-refractivity contribution in [3.8, 4) is 0 Å². The van der Waals surface area contributed by atoms with Crippen LogP contribution in [0.2, 0.25) is 0 Å². The second-order valence-corrected chi connectivity index (χ2v) is 4.55. The van der Waals surface area contributed by atoms with E-state index in [1.54, 1.807) is 12.1 Å². The molecule has 0 amide bonds. The monoisotopic (exact) mass is 282 g/mol. The fourth-order valence-electron chi connectivity index (χ4n) is 2.14. The van der Waals surface area contributed by atoms with Gasteiger partial charge in [-0.3, -0.25) is 9.59 Å². The first kappa shape index (κ1) is 13.1. The molecule has 0 fully saturated rings. The van der Waals surface area contributed by atoms with Gasteiger partial charge in [-0.2, -0.15) is 0 Å². The van der Waals surface area contributed by atoms with Crippen molar-refractivity contribution in [2.24, 2.45) is 0 Å². The number of ketones is 2. The Kier molecular flexibility index (Phi) is 3.02. The van der Waals surface area contributed by atoms with Gasteiger partial charge in [0.05, 0.1) is 6.26 Å². The van der Waals surface area contributed by atoms with Crippen LogP contribution in [0.4, 0.5) is 0 Å². The third-order valence-electron chi connectivity index (χ3n) is 3.13. The number of hydrogen-bond acceptors (Lipinski definition) is 5. The lowest BCUT2D eigenvalue weighted by Crippen LogP contribution is -2.08. The molecule has 2 aromatic heterocycles. The van der Waals surface area contributed by atoms with Crippen LogP contribution < -0.4 is 5.63 Å². The Morgan fingerprint density at radius 3 is 2.52 bits per heavy atom. The second kappa shape index (κ2) is 4.86. The minimum Gasteiger partial charge on any atom is -0.461 e. The molecular weight excluding hydrogens is 272 g/mol. The highest BCUT2D eigenvalue weighted by Gasteiger charge is 2.20. The molecule has 5 heteroatoms. The predicted molar refractivity (Wildman–Crippen MR) is 74.6 cm³/mol. The van der Waals surface area contributed by atoms with Gasteiger partial charge < -0.3 is 8.83 Å². The van der Waals surface area contributed by atoms with Gasteiger partial charge in [0.2, 0.25) is 5.78 Å². The molecule has 0 atom stereocenters. The minimum absolute atomic E-state index is 0.120. The zero-order valence-electron chi connectivity index (χ0n) is 11.1. The van der Waals surface area contributed by atoms with E-state index >= 15 is 0 Å². The summed E-state index contributed by atoms with van der Waals surface area (Å²) in [6, 6.07) is 8.85. The SMILES string of the molecule is CC(=O)c1cc2ccc(=O)oc2cc1C(=O)c1ccco1. The van der Waals surface area contributed by atoms with E-state index in [2.05, 4.69) is 0 Å². The largest absolute Gasteiger partial charge is 0.461 e. The average molecular weight is 282 g/mol. The Morgan fingerprint density at radius 2 is 1.86 bits per heavy atom. The van der Waals surface area contributed by atoms with Gasteiger partial charge in [-0.05, 0) is 37.3 Å². The van der Waals surface area contributed by atoms with Crippen molar-refractivity contribution in [3.63, 3.8) is 0 Å². The zero-order valence-corrected chi connectivity index (χ0v) is 11.1. The van der Waals surface area contributed by atoms with Gasteiger partial charge in [-0.1, -0.05) is 0 Å². The Labute approximate surface area is 118 Å². The van der Waals surface area contributed by atoms with Crippen LogP contribution in [0.3, 0.4) is 0 Å². The van der Waals surface area contributed by atoms with Crippen LogP contribution in [0, 0.1) is 0 Å². The van der Waals surface area contributed by atoms with E-state index in [0.29, 0.717) is 5.39 Å². The van der Waals surface area contributed by atoms with Crippen molar-refractivity contribution >= 4 is 22.5 Å². The summed E-state index contributed by atoms with van der Waals surface area (Å²) in [6.07, 6.45) is 1.38. The van der Waals surface area contributed by atoms with Crippen LogP contribution in [0.25, 0.3) is 11.0 Å². The quantitative estimate of drug-likeness (QED) is 0.545. The molecule has 0 aliphatic heterocycles. The maximum atomic E-state index is 12.4. The lowest BCUT2D eigenvalue weighted by Gasteiger charge is -2.06. The van der Waals surface area contributed by atoms with E-state index in [1.165, 1.54) is 37.5 Å². The Hall–Kier alpha value is -2.95. The van der Waals surface area contributed by atoms with Crippen LogP contribution >= 0.6 is 0 Å². The van der Waals surface area contributed by atoms with Crippen molar-refractivity contribution < 1.29 is 18.4 Å². The summed E-state index contributed by atoms with van der Waals surface area (Å²) in [5, 5.41) is 0.579. The molecule has 3 rings (SSSR count). The first-order valence-electron chi connectivity index (χ1n) is 6.23. The maximum absolute atomic E-state index is 12.4. The number of furan rings is 1. The normalized spacial score (nSPS) is 10.7. The van der Waals surface area contributed by atoms with Crippen molar-refractivity contribution in [1.29, 1.82) is 0 Å². The highest BCUT2D eigenvalue weighted by atomic mass is 16.4. The van der Waals surface area contributed by atoms with Gasteiger partial charge in [0.25, 0.3) is 0 Å². The Balaban J connectivity index is 2.28. The molecular formula is C16H10O5. The number of carbonyl (C=O) groups excluding carboxylic acids is 2. The highest BCUT2D eigenvalue weighted by molar-refractivity contribution is 6.16. The second-order valence-electron chi connectivity index (χ2n) is 4.55. The van der Waals surface area contributed by atoms with Crippen LogP contribution in [0.15, 0.2) is 56.3 Å². The molecule has 0 saturated heterocycles. The number of hydrogen-bond donors (Lipinski definition) is 0. The molecule has 3 aromatic rings. The van der Waals surface area contributed by atoms with Gasteiger partial charge in [0.15, 0.2) is 11.5 Å². The maximum Gasteiger partial charge on any atom is 0.336 e. The summed E-state index contributed by atoms with van der Waals surface area (Å²) in [6.45, 7) is 1.37. The van der Waals surface area contributed by atoms with Crippen LogP contribution in [0.5, 0.6) is 0 Å². The highest BCUT2D eigenvalue weighted by Crippen LogP contribution is 2.22. The first-order valence-corrected chi connectivity index (χ1v) is 6.23. The standard InChI is InChI=1S/C16H10O5/c1-9(17)11-7-10-4-5-15(18)21-14(10)8-12(11)16(19)13-3-2-6-20-13/h2-8H,1H3. The van der Waals surface area contributed by atoms with Crippen molar-refractivity contribution in [2.75, 3.05) is 0 Å². The molecule has 0 N–H and O–H groups in total. The van der Waals surface area contributed by atoms with Gasteiger partial charge in [-0.15, -0.1) is 0 Å². The average Bonchev–Trinajstić information content (AvgIpc) is 2.99. The van der Waals surface area contributed by atoms with E-state index in [9.17, 15) is 14.4 Å². The fraction of sp³-hybridized carbons (Fsp3) is 0.0625. The molecule has 21 heavy (non-hydrogen) atoms. The molecule has 0 unspecified atom stereocenters. The molecule has 104 valence electrons. The molecule has 0 spiro atoms. The summed E-state index contributed by atoms with van der Waals surface area (Å²) >= 11 is 0. The van der Waals surface area contributed by atoms with Crippen molar-refractivity contribution in [2.45, 2.75) is 6.92 Å². The molecule has 0 radical (unpaired) electrons. The van der Waals surface area contributed by atoms with E-state index in [4.69, 9.17) is 8.83 Å². The summed E-state index contributed by atoms with van der Waals surface area (Å²) in [5.74, 6) is -0.563. The Morgan fingerprint density at radius 1 is 1.05 bits per heavy atom. The van der Waals surface area contributed by atoms with Crippen LogP contribution in [-0.2, 0) is 0 Å². The van der Waals surface area contributed by atoms with Gasteiger partial charge in [0, 0.05) is 22.6 Å². The van der Waals surface area contributed by atoms with Gasteiger partial charge >= 0.3 is 5.63 Å². The van der Waals surface area contributed by atoms with Crippen LogP contribution in [-0.4, -0.2) is 11.6 Å². The molecule has 0 aliphatic rings. The van der Waals surface area contributed by atoms with Gasteiger partial charge in [0.1, 0.15) is 5.58 Å². The number of rotatable bonds is 3. The summed E-state index contributed by atoms with van der Waals surface area (Å²) in [5.41, 5.74) is 0.147. The Bertz CT molecular complexity index is 900. The third kappa shape index (κ3) is 2.29. The minimum atomic E-state index is -0.519. The molecule has 2 heterocycles. The fourth-order valence-corrected chi connectivity index (χ4v) is 2.14. The predicted octanol–water partition coefficient (Wildman–Crippen LogP) is 2.82. The number of fused-ring (bicyclic) bond motifs is 1. The molecule has 1 aromatic carbocycles. The summed E-state index contributed by atoms with van der Waals surface area (Å²) in [4.78, 5) is 35.4. The first-order chi connectivity index (χ1) is 10.1. The van der Waals surface area contributed by atoms with Crippen molar-refractivity contribution in [3.05, 3.63) is 70.0 Å². The summed E-state index contributed by atoms with van der Waals surface area (Å²) in [7, 11) is 0.